The lowest BCUT2D eigenvalue weighted by Crippen LogP contribution is -1.94. The maximum absolute atomic E-state index is 10.2. The summed E-state index contributed by atoms with van der Waals surface area (Å²) in [5.41, 5.74) is 6.30. The number of hydrogen-bond donors (Lipinski definition) is 3. The molecule has 0 aromatic carbocycles. The van der Waals surface area contributed by atoms with Crippen molar-refractivity contribution in [3.05, 3.63) is 48.5 Å². The molecule has 5 heteroatoms. The van der Waals surface area contributed by atoms with Crippen molar-refractivity contribution in [1.29, 1.82) is 0 Å². The largest absolute Gasteiger partial charge is 0.478 e. The van der Waals surface area contributed by atoms with Crippen LogP contribution in [0.5, 0.6) is 0 Å². The summed E-state index contributed by atoms with van der Waals surface area (Å²) < 4.78 is 0. The smallest absolute Gasteiger partial charge is 0.335 e. The maximum Gasteiger partial charge on any atom is 0.335 e. The van der Waals surface area contributed by atoms with Crippen LogP contribution in [-0.2, 0) is 0 Å². The molecule has 78 valence electrons. The van der Waals surface area contributed by atoms with Crippen molar-refractivity contribution in [2.45, 2.75) is 0 Å². The molecule has 0 aliphatic carbocycles. The molecule has 0 amide bonds. The predicted molar refractivity (Wildman–Crippen MR) is 56.4 cm³/mol. The SMILES string of the molecule is Nc1cc[nH]c1.O=C(O)c1ccncc1. The zero-order valence-electron chi connectivity index (χ0n) is 7.92. The molecule has 2 aromatic rings. The van der Waals surface area contributed by atoms with E-state index >= 15 is 0 Å². The fourth-order valence-electron chi connectivity index (χ4n) is 0.831. The zero-order chi connectivity index (χ0) is 11.1. The van der Waals surface area contributed by atoms with Crippen molar-refractivity contribution < 1.29 is 9.90 Å². The monoisotopic (exact) mass is 205 g/mol. The van der Waals surface area contributed by atoms with Gasteiger partial charge >= 0.3 is 5.97 Å². The summed E-state index contributed by atoms with van der Waals surface area (Å²) in [6.45, 7) is 0. The van der Waals surface area contributed by atoms with Gasteiger partial charge in [-0.1, -0.05) is 0 Å². The maximum atomic E-state index is 10.2. The molecule has 4 N–H and O–H groups in total. The molecule has 0 unspecified atom stereocenters. The zero-order valence-corrected chi connectivity index (χ0v) is 7.92. The van der Waals surface area contributed by atoms with Crippen LogP contribution in [0.15, 0.2) is 43.0 Å². The van der Waals surface area contributed by atoms with Crippen molar-refractivity contribution in [3.8, 4) is 0 Å². The minimum atomic E-state index is -0.919. The first kappa shape index (κ1) is 10.8. The average molecular weight is 205 g/mol. The van der Waals surface area contributed by atoms with Gasteiger partial charge in [-0.25, -0.2) is 4.79 Å². The molecule has 0 fully saturated rings. The van der Waals surface area contributed by atoms with Gasteiger partial charge in [-0.2, -0.15) is 0 Å². The van der Waals surface area contributed by atoms with E-state index < -0.39 is 5.97 Å². The Labute approximate surface area is 86.6 Å². The number of H-pyrrole nitrogens is 1. The second-order valence-corrected chi connectivity index (χ2v) is 2.69. The fourth-order valence-corrected chi connectivity index (χ4v) is 0.831. The van der Waals surface area contributed by atoms with Gasteiger partial charge in [0.25, 0.3) is 0 Å². The van der Waals surface area contributed by atoms with Crippen LogP contribution in [0.3, 0.4) is 0 Å². The Morgan fingerprint density at radius 3 is 2.27 bits per heavy atom. The van der Waals surface area contributed by atoms with Gasteiger partial charge in [0.05, 0.1) is 5.56 Å². The Morgan fingerprint density at radius 1 is 1.33 bits per heavy atom. The molecule has 2 aromatic heterocycles. The number of nitrogens with zero attached hydrogens (tertiary/aromatic N) is 1. The molecule has 0 saturated heterocycles. The number of carboxylic acids is 1. The van der Waals surface area contributed by atoms with Crippen LogP contribution in [0.4, 0.5) is 5.69 Å². The highest BCUT2D eigenvalue weighted by Crippen LogP contribution is 1.93. The molecule has 2 rings (SSSR count). The van der Waals surface area contributed by atoms with E-state index in [1.54, 1.807) is 18.5 Å². The van der Waals surface area contributed by atoms with E-state index in [2.05, 4.69) is 9.97 Å². The summed E-state index contributed by atoms with van der Waals surface area (Å²) >= 11 is 0. The molecule has 15 heavy (non-hydrogen) atoms. The molecule has 5 nitrogen and oxygen atoms in total. The third-order valence-electron chi connectivity index (χ3n) is 1.55. The lowest BCUT2D eigenvalue weighted by molar-refractivity contribution is 0.0697. The van der Waals surface area contributed by atoms with E-state index in [0.29, 0.717) is 0 Å². The van der Waals surface area contributed by atoms with Crippen molar-refractivity contribution in [2.75, 3.05) is 5.73 Å². The van der Waals surface area contributed by atoms with Gasteiger partial charge in [0.1, 0.15) is 0 Å². The van der Waals surface area contributed by atoms with Crippen LogP contribution in [0.1, 0.15) is 10.4 Å². The summed E-state index contributed by atoms with van der Waals surface area (Å²) in [6, 6.07) is 4.70. The van der Waals surface area contributed by atoms with E-state index in [0.717, 1.165) is 5.69 Å². The van der Waals surface area contributed by atoms with Gasteiger partial charge in [-0.05, 0) is 18.2 Å². The highest BCUT2D eigenvalue weighted by molar-refractivity contribution is 5.87. The van der Waals surface area contributed by atoms with Crippen LogP contribution in [-0.4, -0.2) is 21.0 Å². The Bertz CT molecular complexity index is 398. The number of nitrogens with two attached hydrogens (primary N) is 1. The van der Waals surface area contributed by atoms with Crippen molar-refractivity contribution in [3.63, 3.8) is 0 Å². The highest BCUT2D eigenvalue weighted by Gasteiger charge is 1.97. The summed E-state index contributed by atoms with van der Waals surface area (Å²) in [5, 5.41) is 8.36. The minimum absolute atomic E-state index is 0.269. The van der Waals surface area contributed by atoms with Gasteiger partial charge in [0, 0.05) is 30.5 Å². The van der Waals surface area contributed by atoms with E-state index in [1.807, 2.05) is 0 Å². The van der Waals surface area contributed by atoms with Crippen molar-refractivity contribution >= 4 is 11.7 Å². The summed E-state index contributed by atoms with van der Waals surface area (Å²) in [7, 11) is 0. The van der Waals surface area contributed by atoms with Crippen LogP contribution in [0.25, 0.3) is 0 Å². The van der Waals surface area contributed by atoms with Crippen LogP contribution in [0, 0.1) is 0 Å². The standard InChI is InChI=1S/C6H5NO2.C4H6N2/c8-6(9)5-1-3-7-4-2-5;5-4-1-2-6-3-4/h1-4H,(H,8,9);1-3,6H,5H2. The quantitative estimate of drug-likeness (QED) is 0.655. The minimum Gasteiger partial charge on any atom is -0.478 e. The third-order valence-corrected chi connectivity index (χ3v) is 1.55. The number of anilines is 1. The number of hydrogen-bond acceptors (Lipinski definition) is 3. The number of pyridine rings is 1. The van der Waals surface area contributed by atoms with Gasteiger partial charge in [-0.15, -0.1) is 0 Å². The number of aromatic amines is 1. The van der Waals surface area contributed by atoms with Crippen LogP contribution in [0.2, 0.25) is 0 Å². The van der Waals surface area contributed by atoms with Gasteiger partial charge in [0.15, 0.2) is 0 Å². The number of aromatic nitrogens is 2. The lowest BCUT2D eigenvalue weighted by atomic mass is 10.3. The number of nitrogen functional groups attached to an aromatic ring is 1. The number of aromatic carboxylic acids is 1. The van der Waals surface area contributed by atoms with E-state index in [1.165, 1.54) is 24.5 Å². The molecule has 0 radical (unpaired) electrons. The molecule has 0 spiro atoms. The Hall–Kier alpha value is -2.30. The Morgan fingerprint density at radius 2 is 2.00 bits per heavy atom. The number of carboxylic acid groups (broad SMARTS) is 1. The first-order chi connectivity index (χ1) is 7.20. The van der Waals surface area contributed by atoms with Gasteiger partial charge < -0.3 is 15.8 Å². The summed E-state index contributed by atoms with van der Waals surface area (Å²) in [4.78, 5) is 16.6. The van der Waals surface area contributed by atoms with Crippen LogP contribution >= 0.6 is 0 Å². The highest BCUT2D eigenvalue weighted by atomic mass is 16.4. The van der Waals surface area contributed by atoms with Gasteiger partial charge in [-0.3, -0.25) is 4.98 Å². The number of nitrogens with one attached hydrogen (secondary N) is 1. The summed E-state index contributed by atoms with van der Waals surface area (Å²) in [5.74, 6) is -0.919. The summed E-state index contributed by atoms with van der Waals surface area (Å²) in [6.07, 6.45) is 6.42. The molecule has 0 saturated carbocycles. The third kappa shape index (κ3) is 3.95. The first-order valence-corrected chi connectivity index (χ1v) is 4.21. The normalized spacial score (nSPS) is 8.80. The van der Waals surface area contributed by atoms with Gasteiger partial charge in [0.2, 0.25) is 0 Å². The molecular weight excluding hydrogens is 194 g/mol. The molecular formula is C10H11N3O2. The molecule has 0 atom stereocenters. The average Bonchev–Trinajstić information content (AvgIpc) is 2.71. The molecule has 0 aliphatic rings. The van der Waals surface area contributed by atoms with E-state index in [-0.39, 0.29) is 5.56 Å². The molecule has 2 heterocycles. The Balaban J connectivity index is 0.000000162. The van der Waals surface area contributed by atoms with E-state index in [4.69, 9.17) is 10.8 Å². The van der Waals surface area contributed by atoms with Crippen LogP contribution < -0.4 is 5.73 Å². The fraction of sp³-hybridized carbons (Fsp3) is 0. The molecule has 0 aliphatic heterocycles. The second kappa shape index (κ2) is 5.43. The van der Waals surface area contributed by atoms with Crippen molar-refractivity contribution in [2.24, 2.45) is 0 Å². The Kier molecular flexibility index (Phi) is 3.91. The van der Waals surface area contributed by atoms with E-state index in [9.17, 15) is 4.79 Å². The number of carbonyl (C=O) groups is 1. The first-order valence-electron chi connectivity index (χ1n) is 4.21. The van der Waals surface area contributed by atoms with Crippen molar-refractivity contribution in [1.82, 2.24) is 9.97 Å². The topological polar surface area (TPSA) is 92.0 Å². The lowest BCUT2D eigenvalue weighted by Gasteiger charge is -1.87. The molecule has 0 bridgehead atoms. The predicted octanol–water partition coefficient (Wildman–Crippen LogP) is 1.38. The second-order valence-electron chi connectivity index (χ2n) is 2.69. The number of rotatable bonds is 1.